The van der Waals surface area contributed by atoms with Crippen LogP contribution in [0.2, 0.25) is 5.02 Å². The van der Waals surface area contributed by atoms with E-state index in [4.69, 9.17) is 11.6 Å². The van der Waals surface area contributed by atoms with Gasteiger partial charge in [0.05, 0.1) is 5.02 Å². The first-order valence-electron chi connectivity index (χ1n) is 8.48. The van der Waals surface area contributed by atoms with Gasteiger partial charge in [0.1, 0.15) is 10.7 Å². The van der Waals surface area contributed by atoms with Gasteiger partial charge in [-0.2, -0.15) is 4.31 Å². The molecule has 1 saturated heterocycles. The van der Waals surface area contributed by atoms with E-state index < -0.39 is 10.0 Å². The third-order valence-electron chi connectivity index (χ3n) is 4.95. The number of benzene rings is 2. The van der Waals surface area contributed by atoms with Crippen LogP contribution in [0.5, 0.6) is 0 Å². The smallest absolute Gasteiger partial charge is 0.244 e. The van der Waals surface area contributed by atoms with Crippen LogP contribution in [0.4, 0.5) is 4.39 Å². The van der Waals surface area contributed by atoms with E-state index >= 15 is 0 Å². The number of fused-ring (bicyclic) bond motifs is 1. The first kappa shape index (κ1) is 17.5. The van der Waals surface area contributed by atoms with Crippen LogP contribution < -0.4 is 0 Å². The van der Waals surface area contributed by atoms with E-state index in [1.165, 1.54) is 22.5 Å². The summed E-state index contributed by atoms with van der Waals surface area (Å²) in [7, 11) is -3.59. The third-order valence-corrected chi connectivity index (χ3v) is 7.35. The van der Waals surface area contributed by atoms with E-state index in [0.29, 0.717) is 25.9 Å². The molecule has 0 radical (unpaired) electrons. The predicted octanol–water partition coefficient (Wildman–Crippen LogP) is 4.53. The highest BCUT2D eigenvalue weighted by molar-refractivity contribution is 7.89. The number of halogens is 2. The minimum Gasteiger partial charge on any atom is -0.358 e. The normalized spacial score (nSPS) is 17.0. The van der Waals surface area contributed by atoms with E-state index in [9.17, 15) is 12.8 Å². The van der Waals surface area contributed by atoms with Crippen molar-refractivity contribution in [2.45, 2.75) is 23.7 Å². The highest BCUT2D eigenvalue weighted by atomic mass is 35.5. The first-order valence-corrected chi connectivity index (χ1v) is 10.3. The van der Waals surface area contributed by atoms with Crippen molar-refractivity contribution in [1.29, 1.82) is 0 Å². The maximum Gasteiger partial charge on any atom is 0.244 e. The Morgan fingerprint density at radius 2 is 1.81 bits per heavy atom. The van der Waals surface area contributed by atoms with Gasteiger partial charge in [-0.05, 0) is 49.2 Å². The van der Waals surface area contributed by atoms with E-state index in [0.717, 1.165) is 16.6 Å². The Hall–Kier alpha value is -1.89. The minimum atomic E-state index is -3.59. The van der Waals surface area contributed by atoms with Crippen molar-refractivity contribution in [3.63, 3.8) is 0 Å². The lowest BCUT2D eigenvalue weighted by Gasteiger charge is -2.31. The Morgan fingerprint density at radius 3 is 2.54 bits per heavy atom. The number of sulfonamides is 1. The Balaban J connectivity index is 1.52. The van der Waals surface area contributed by atoms with Crippen molar-refractivity contribution in [2.75, 3.05) is 13.1 Å². The maximum atomic E-state index is 13.4. The Kier molecular flexibility index (Phi) is 4.50. The van der Waals surface area contributed by atoms with Crippen molar-refractivity contribution >= 4 is 32.5 Å². The summed E-state index contributed by atoms with van der Waals surface area (Å²) in [5.41, 5.74) is 1.92. The highest BCUT2D eigenvalue weighted by Gasteiger charge is 2.31. The Labute approximate surface area is 156 Å². The molecule has 4 rings (SSSR count). The lowest BCUT2D eigenvalue weighted by molar-refractivity contribution is 0.317. The summed E-state index contributed by atoms with van der Waals surface area (Å²) in [6.07, 6.45) is 1.41. The van der Waals surface area contributed by atoms with Crippen molar-refractivity contribution in [3.8, 4) is 0 Å². The molecule has 1 aromatic heterocycles. The number of hydrogen-bond donors (Lipinski definition) is 1. The standard InChI is InChI=1S/C19H18ClFN2O2S/c20-16-3-1-2-4-19(16)26(24,25)23-9-7-13(8-10-23)18-12-14-11-15(21)5-6-17(14)22-18/h1-6,11-13,22H,7-10H2. The molecule has 3 aromatic rings. The van der Waals surface area contributed by atoms with Crippen LogP contribution in [0.15, 0.2) is 53.4 Å². The van der Waals surface area contributed by atoms with Gasteiger partial charge in [-0.3, -0.25) is 0 Å². The molecule has 0 aliphatic carbocycles. The summed E-state index contributed by atoms with van der Waals surface area (Å²) in [6.45, 7) is 0.865. The molecule has 1 fully saturated rings. The van der Waals surface area contributed by atoms with E-state index in [-0.39, 0.29) is 21.7 Å². The summed E-state index contributed by atoms with van der Waals surface area (Å²) < 4.78 is 40.5. The molecule has 136 valence electrons. The monoisotopic (exact) mass is 392 g/mol. The van der Waals surface area contributed by atoms with Crippen LogP contribution in [-0.2, 0) is 10.0 Å². The minimum absolute atomic E-state index is 0.154. The number of H-pyrrole nitrogens is 1. The molecule has 0 amide bonds. The second-order valence-electron chi connectivity index (χ2n) is 6.57. The summed E-state index contributed by atoms with van der Waals surface area (Å²) >= 11 is 6.07. The quantitative estimate of drug-likeness (QED) is 0.712. The molecule has 1 aliphatic rings. The molecule has 0 saturated carbocycles. The van der Waals surface area contributed by atoms with E-state index in [2.05, 4.69) is 4.98 Å². The summed E-state index contributed by atoms with van der Waals surface area (Å²) in [5.74, 6) is -0.0353. The molecule has 26 heavy (non-hydrogen) atoms. The van der Waals surface area contributed by atoms with Gasteiger partial charge in [0.2, 0.25) is 10.0 Å². The molecular formula is C19H18ClFN2O2S. The molecule has 1 N–H and O–H groups in total. The van der Waals surface area contributed by atoms with Crippen LogP contribution >= 0.6 is 11.6 Å². The average molecular weight is 393 g/mol. The fraction of sp³-hybridized carbons (Fsp3) is 0.263. The topological polar surface area (TPSA) is 53.2 Å². The van der Waals surface area contributed by atoms with Crippen LogP contribution in [0, 0.1) is 5.82 Å². The van der Waals surface area contributed by atoms with Gasteiger partial charge in [-0.1, -0.05) is 23.7 Å². The predicted molar refractivity (Wildman–Crippen MR) is 100 cm³/mol. The fourth-order valence-corrected chi connectivity index (χ4v) is 5.51. The summed E-state index contributed by atoms with van der Waals surface area (Å²) in [4.78, 5) is 3.49. The third kappa shape index (κ3) is 3.13. The molecule has 7 heteroatoms. The SMILES string of the molecule is O=S(=O)(c1ccccc1Cl)N1CCC(c2cc3cc(F)ccc3[nH]2)CC1. The fourth-order valence-electron chi connectivity index (χ4n) is 3.55. The van der Waals surface area contributed by atoms with Gasteiger partial charge >= 0.3 is 0 Å². The number of hydrogen-bond acceptors (Lipinski definition) is 2. The van der Waals surface area contributed by atoms with Gasteiger partial charge in [0, 0.05) is 35.6 Å². The number of aromatic amines is 1. The highest BCUT2D eigenvalue weighted by Crippen LogP contribution is 2.33. The first-order chi connectivity index (χ1) is 12.4. The molecular weight excluding hydrogens is 375 g/mol. The average Bonchev–Trinajstić information content (AvgIpc) is 3.05. The van der Waals surface area contributed by atoms with Crippen LogP contribution in [0.25, 0.3) is 10.9 Å². The summed E-state index contributed by atoms with van der Waals surface area (Å²) in [5, 5.41) is 1.08. The van der Waals surface area contributed by atoms with Crippen LogP contribution in [0.3, 0.4) is 0 Å². The zero-order chi connectivity index (χ0) is 18.3. The van der Waals surface area contributed by atoms with Gasteiger partial charge in [-0.25, -0.2) is 12.8 Å². The Morgan fingerprint density at radius 1 is 1.08 bits per heavy atom. The lowest BCUT2D eigenvalue weighted by Crippen LogP contribution is -2.38. The summed E-state index contributed by atoms with van der Waals surface area (Å²) in [6, 6.07) is 13.1. The van der Waals surface area contributed by atoms with Crippen molar-refractivity contribution in [1.82, 2.24) is 9.29 Å². The zero-order valence-electron chi connectivity index (χ0n) is 14.0. The number of piperidine rings is 1. The molecule has 0 atom stereocenters. The van der Waals surface area contributed by atoms with Gasteiger partial charge < -0.3 is 4.98 Å². The molecule has 2 aromatic carbocycles. The van der Waals surface area contributed by atoms with Crippen molar-refractivity contribution in [3.05, 3.63) is 65.1 Å². The van der Waals surface area contributed by atoms with Crippen LogP contribution in [-0.4, -0.2) is 30.8 Å². The largest absolute Gasteiger partial charge is 0.358 e. The van der Waals surface area contributed by atoms with E-state index in [1.807, 2.05) is 6.07 Å². The second-order valence-corrected chi connectivity index (χ2v) is 8.88. The molecule has 1 aliphatic heterocycles. The van der Waals surface area contributed by atoms with Gasteiger partial charge in [0.15, 0.2) is 0 Å². The number of nitrogens with zero attached hydrogens (tertiary/aromatic N) is 1. The zero-order valence-corrected chi connectivity index (χ0v) is 15.5. The van der Waals surface area contributed by atoms with Crippen molar-refractivity contribution < 1.29 is 12.8 Å². The molecule has 0 unspecified atom stereocenters. The molecule has 4 nitrogen and oxygen atoms in total. The van der Waals surface area contributed by atoms with E-state index in [1.54, 1.807) is 24.3 Å². The molecule has 0 spiro atoms. The lowest BCUT2D eigenvalue weighted by atomic mass is 9.95. The second kappa shape index (κ2) is 6.68. The maximum absolute atomic E-state index is 13.4. The Bertz CT molecular complexity index is 1060. The molecule has 0 bridgehead atoms. The number of aromatic nitrogens is 1. The number of rotatable bonds is 3. The molecule has 2 heterocycles. The van der Waals surface area contributed by atoms with Crippen LogP contribution in [0.1, 0.15) is 24.5 Å². The van der Waals surface area contributed by atoms with Gasteiger partial charge in [0.25, 0.3) is 0 Å². The van der Waals surface area contributed by atoms with Gasteiger partial charge in [-0.15, -0.1) is 0 Å². The van der Waals surface area contributed by atoms with Crippen molar-refractivity contribution in [2.24, 2.45) is 0 Å². The number of nitrogens with one attached hydrogen (secondary N) is 1.